The molecule has 0 aliphatic heterocycles. The van der Waals surface area contributed by atoms with Crippen LogP contribution in [0.1, 0.15) is 98.3 Å². The second-order valence-corrected chi connectivity index (χ2v) is 8.57. The van der Waals surface area contributed by atoms with E-state index in [1.165, 1.54) is 19.3 Å². The predicted molar refractivity (Wildman–Crippen MR) is 109 cm³/mol. The van der Waals surface area contributed by atoms with Gasteiger partial charge in [-0.25, -0.2) is 0 Å². The van der Waals surface area contributed by atoms with Gasteiger partial charge >= 0.3 is 11.9 Å². The Hall–Kier alpha value is -1.06. The molecule has 0 aromatic heterocycles. The fourth-order valence-electron chi connectivity index (χ4n) is 3.99. The summed E-state index contributed by atoms with van der Waals surface area (Å²) in [4.78, 5) is 24.8. The molecule has 0 radical (unpaired) electrons. The van der Waals surface area contributed by atoms with Crippen LogP contribution in [0.4, 0.5) is 0 Å². The number of unbranched alkanes of at least 4 members (excludes halogenated alkanes) is 4. The van der Waals surface area contributed by atoms with Crippen molar-refractivity contribution in [2.24, 2.45) is 23.7 Å². The van der Waals surface area contributed by atoms with Gasteiger partial charge in [0.15, 0.2) is 0 Å². The molecular formula is C23H42O4. The standard InChI is InChI=1S/C23H42O4/c1-5-7-8-10-15-26-22(24)20-13-14-21(19(6-2)17-20)23(25)27-16-11-9-12-18(3)4/h18-21H,5-17H2,1-4H3. The minimum absolute atomic E-state index is 0.0452. The number of carbonyl (C=O) groups is 2. The van der Waals surface area contributed by atoms with E-state index >= 15 is 0 Å². The lowest BCUT2D eigenvalue weighted by molar-refractivity contribution is -0.158. The molecule has 0 N–H and O–H groups in total. The normalized spacial score (nSPS) is 22.6. The molecule has 3 unspecified atom stereocenters. The van der Waals surface area contributed by atoms with Gasteiger partial charge in [-0.2, -0.15) is 0 Å². The lowest BCUT2D eigenvalue weighted by Gasteiger charge is -2.33. The van der Waals surface area contributed by atoms with Gasteiger partial charge in [-0.1, -0.05) is 59.8 Å². The second-order valence-electron chi connectivity index (χ2n) is 8.57. The minimum atomic E-state index is -0.0644. The number of esters is 2. The molecule has 0 aromatic rings. The predicted octanol–water partition coefficient (Wildman–Crippen LogP) is 5.92. The van der Waals surface area contributed by atoms with E-state index in [0.717, 1.165) is 51.4 Å². The highest BCUT2D eigenvalue weighted by molar-refractivity contribution is 5.75. The van der Waals surface area contributed by atoms with E-state index in [1.807, 2.05) is 0 Å². The number of carbonyl (C=O) groups excluding carboxylic acids is 2. The quantitative estimate of drug-likeness (QED) is 0.293. The Morgan fingerprint density at radius 3 is 2.19 bits per heavy atom. The molecule has 0 amide bonds. The molecule has 1 fully saturated rings. The highest BCUT2D eigenvalue weighted by Crippen LogP contribution is 2.37. The molecule has 0 spiro atoms. The van der Waals surface area contributed by atoms with E-state index < -0.39 is 0 Å². The third-order valence-electron chi connectivity index (χ3n) is 5.81. The molecule has 4 nitrogen and oxygen atoms in total. The molecule has 4 heteroatoms. The molecule has 1 aliphatic rings. The van der Waals surface area contributed by atoms with Crippen molar-refractivity contribution >= 4 is 11.9 Å². The zero-order valence-electron chi connectivity index (χ0n) is 18.1. The molecule has 27 heavy (non-hydrogen) atoms. The molecule has 1 aliphatic carbocycles. The summed E-state index contributed by atoms with van der Waals surface area (Å²) in [5.41, 5.74) is 0. The summed E-state index contributed by atoms with van der Waals surface area (Å²) in [6.45, 7) is 9.77. The summed E-state index contributed by atoms with van der Waals surface area (Å²) in [7, 11) is 0. The molecular weight excluding hydrogens is 340 g/mol. The largest absolute Gasteiger partial charge is 0.465 e. The lowest BCUT2D eigenvalue weighted by atomic mass is 9.73. The maximum Gasteiger partial charge on any atom is 0.309 e. The van der Waals surface area contributed by atoms with Crippen LogP contribution in [0.3, 0.4) is 0 Å². The fourth-order valence-corrected chi connectivity index (χ4v) is 3.99. The lowest BCUT2D eigenvalue weighted by Crippen LogP contribution is -2.35. The van der Waals surface area contributed by atoms with Crippen LogP contribution in [0.5, 0.6) is 0 Å². The average Bonchev–Trinajstić information content (AvgIpc) is 2.66. The van der Waals surface area contributed by atoms with Crippen molar-refractivity contribution < 1.29 is 19.1 Å². The van der Waals surface area contributed by atoms with Crippen molar-refractivity contribution in [1.29, 1.82) is 0 Å². The molecule has 1 rings (SSSR count). The van der Waals surface area contributed by atoms with Gasteiger partial charge in [0.25, 0.3) is 0 Å². The summed E-state index contributed by atoms with van der Waals surface area (Å²) in [6.07, 6.45) is 10.9. The highest BCUT2D eigenvalue weighted by atomic mass is 16.5. The Kier molecular flexibility index (Phi) is 12.4. The van der Waals surface area contributed by atoms with Gasteiger partial charge in [-0.3, -0.25) is 9.59 Å². The van der Waals surface area contributed by atoms with Crippen molar-refractivity contribution in [1.82, 2.24) is 0 Å². The molecule has 0 heterocycles. The smallest absolute Gasteiger partial charge is 0.309 e. The zero-order valence-corrected chi connectivity index (χ0v) is 18.1. The van der Waals surface area contributed by atoms with Crippen LogP contribution >= 0.6 is 0 Å². The van der Waals surface area contributed by atoms with Crippen molar-refractivity contribution in [3.8, 4) is 0 Å². The number of ether oxygens (including phenoxy) is 2. The Bertz CT molecular complexity index is 419. The third-order valence-corrected chi connectivity index (χ3v) is 5.81. The van der Waals surface area contributed by atoms with Gasteiger partial charge in [0.05, 0.1) is 25.0 Å². The summed E-state index contributed by atoms with van der Waals surface area (Å²) in [6, 6.07) is 0. The Morgan fingerprint density at radius 1 is 0.889 bits per heavy atom. The number of rotatable bonds is 13. The van der Waals surface area contributed by atoms with Crippen molar-refractivity contribution in [3.63, 3.8) is 0 Å². The van der Waals surface area contributed by atoms with Crippen molar-refractivity contribution in [2.75, 3.05) is 13.2 Å². The van der Waals surface area contributed by atoms with Crippen molar-refractivity contribution in [3.05, 3.63) is 0 Å². The average molecular weight is 383 g/mol. The summed E-state index contributed by atoms with van der Waals surface area (Å²) in [5.74, 6) is 0.722. The van der Waals surface area contributed by atoms with Crippen LogP contribution in [-0.4, -0.2) is 25.2 Å². The van der Waals surface area contributed by atoms with Gasteiger partial charge in [0.2, 0.25) is 0 Å². The van der Waals surface area contributed by atoms with E-state index in [9.17, 15) is 9.59 Å². The number of hydrogen-bond acceptors (Lipinski definition) is 4. The van der Waals surface area contributed by atoms with E-state index in [2.05, 4.69) is 27.7 Å². The van der Waals surface area contributed by atoms with Gasteiger partial charge in [0.1, 0.15) is 0 Å². The fraction of sp³-hybridized carbons (Fsp3) is 0.913. The summed E-state index contributed by atoms with van der Waals surface area (Å²) in [5, 5.41) is 0. The van der Waals surface area contributed by atoms with Crippen molar-refractivity contribution in [2.45, 2.75) is 98.3 Å². The summed E-state index contributed by atoms with van der Waals surface area (Å²) >= 11 is 0. The van der Waals surface area contributed by atoms with E-state index in [4.69, 9.17) is 9.47 Å². The van der Waals surface area contributed by atoms with Crippen LogP contribution in [0.15, 0.2) is 0 Å². The van der Waals surface area contributed by atoms with Gasteiger partial charge in [-0.05, 0) is 50.4 Å². The topological polar surface area (TPSA) is 52.6 Å². The molecule has 0 saturated heterocycles. The van der Waals surface area contributed by atoms with Gasteiger partial charge < -0.3 is 9.47 Å². The van der Waals surface area contributed by atoms with Crippen LogP contribution in [0.25, 0.3) is 0 Å². The third kappa shape index (κ3) is 9.62. The van der Waals surface area contributed by atoms with E-state index in [0.29, 0.717) is 19.1 Å². The van der Waals surface area contributed by atoms with Crippen LogP contribution < -0.4 is 0 Å². The Balaban J connectivity index is 2.32. The highest BCUT2D eigenvalue weighted by Gasteiger charge is 2.38. The maximum absolute atomic E-state index is 12.5. The first-order valence-corrected chi connectivity index (χ1v) is 11.3. The molecule has 0 aromatic carbocycles. The van der Waals surface area contributed by atoms with E-state index in [1.54, 1.807) is 0 Å². The molecule has 3 atom stereocenters. The summed E-state index contributed by atoms with van der Waals surface area (Å²) < 4.78 is 11.0. The zero-order chi connectivity index (χ0) is 20.1. The van der Waals surface area contributed by atoms with Gasteiger partial charge in [-0.15, -0.1) is 0 Å². The minimum Gasteiger partial charge on any atom is -0.465 e. The SMILES string of the molecule is CCCCCCOC(=O)C1CCC(C(=O)OCCCCC(C)C)C(CC)C1. The maximum atomic E-state index is 12.5. The van der Waals surface area contributed by atoms with Crippen LogP contribution in [0, 0.1) is 23.7 Å². The monoisotopic (exact) mass is 382 g/mol. The van der Waals surface area contributed by atoms with Crippen LogP contribution in [0.2, 0.25) is 0 Å². The molecule has 0 bridgehead atoms. The first-order chi connectivity index (χ1) is 13.0. The Morgan fingerprint density at radius 2 is 1.56 bits per heavy atom. The molecule has 1 saturated carbocycles. The van der Waals surface area contributed by atoms with Gasteiger partial charge in [0, 0.05) is 0 Å². The second kappa shape index (κ2) is 14.0. The Labute approximate surface area is 166 Å². The first kappa shape index (κ1) is 24.0. The molecule has 158 valence electrons. The van der Waals surface area contributed by atoms with E-state index in [-0.39, 0.29) is 29.7 Å². The number of hydrogen-bond donors (Lipinski definition) is 0. The van der Waals surface area contributed by atoms with Crippen LogP contribution in [-0.2, 0) is 19.1 Å². The first-order valence-electron chi connectivity index (χ1n) is 11.3.